The minimum absolute atomic E-state index is 0.0545. The summed E-state index contributed by atoms with van der Waals surface area (Å²) in [6, 6.07) is 5.39. The van der Waals surface area contributed by atoms with E-state index in [1.54, 1.807) is 44.7 Å². The zero-order valence-corrected chi connectivity index (χ0v) is 22.3. The molecule has 1 fully saturated rings. The van der Waals surface area contributed by atoms with Crippen molar-refractivity contribution in [2.45, 2.75) is 59.1 Å². The molecule has 1 aromatic rings. The van der Waals surface area contributed by atoms with Gasteiger partial charge in [0.15, 0.2) is 5.17 Å². The summed E-state index contributed by atoms with van der Waals surface area (Å²) < 4.78 is 25.0. The number of fused-ring (bicyclic) bond motifs is 1. The lowest BCUT2D eigenvalue weighted by molar-refractivity contribution is -0.151. The van der Waals surface area contributed by atoms with Gasteiger partial charge in [-0.2, -0.15) is 0 Å². The highest BCUT2D eigenvalue weighted by Gasteiger charge is 2.42. The van der Waals surface area contributed by atoms with Crippen LogP contribution >= 0.6 is 11.8 Å². The molecule has 3 aliphatic rings. The van der Waals surface area contributed by atoms with Gasteiger partial charge in [-0.3, -0.25) is 9.59 Å². The average Bonchev–Trinajstić information content (AvgIpc) is 3.24. The maximum absolute atomic E-state index is 14.3. The smallest absolute Gasteiger partial charge is 0.338 e. The molecule has 1 aromatic carbocycles. The summed E-state index contributed by atoms with van der Waals surface area (Å²) in [4.78, 5) is 47.0. The Bertz CT molecular complexity index is 1180. The van der Waals surface area contributed by atoms with Crippen molar-refractivity contribution >= 4 is 34.8 Å². The van der Waals surface area contributed by atoms with Crippen molar-refractivity contribution in [3.8, 4) is 0 Å². The first-order valence-corrected chi connectivity index (χ1v) is 13.4. The Morgan fingerprint density at radius 3 is 2.76 bits per heavy atom. The lowest BCUT2D eigenvalue weighted by Crippen LogP contribution is -2.44. The monoisotopic (exact) mass is 529 g/mol. The number of hydrogen-bond donors (Lipinski definition) is 0. The van der Waals surface area contributed by atoms with Gasteiger partial charge in [0.25, 0.3) is 0 Å². The maximum atomic E-state index is 14.3. The molecule has 2 atom stereocenters. The van der Waals surface area contributed by atoms with Gasteiger partial charge in [0.05, 0.1) is 42.4 Å². The van der Waals surface area contributed by atoms with Crippen molar-refractivity contribution in [1.29, 1.82) is 0 Å². The van der Waals surface area contributed by atoms with Crippen LogP contribution in [0.4, 0.5) is 4.39 Å². The van der Waals surface area contributed by atoms with Gasteiger partial charge in [0.2, 0.25) is 5.91 Å². The highest BCUT2D eigenvalue weighted by Crippen LogP contribution is 2.45. The van der Waals surface area contributed by atoms with Gasteiger partial charge in [-0.05, 0) is 63.6 Å². The Kier molecular flexibility index (Phi) is 8.36. The van der Waals surface area contributed by atoms with Gasteiger partial charge in [-0.1, -0.05) is 23.9 Å². The fourth-order valence-corrected chi connectivity index (χ4v) is 5.79. The molecule has 3 aliphatic heterocycles. The Morgan fingerprint density at radius 1 is 1.27 bits per heavy atom. The number of thioether (sulfide) groups is 1. The number of aliphatic imine (C=N–C) groups is 1. The number of nitrogens with zero attached hydrogens (tertiary/aromatic N) is 3. The minimum Gasteiger partial charge on any atom is -0.466 e. The lowest BCUT2D eigenvalue weighted by atomic mass is 9.93. The van der Waals surface area contributed by atoms with E-state index in [9.17, 15) is 18.8 Å². The van der Waals surface area contributed by atoms with E-state index in [1.807, 2.05) is 10.3 Å². The van der Waals surface area contributed by atoms with Crippen LogP contribution in [0.5, 0.6) is 0 Å². The number of esters is 2. The molecule has 0 saturated carbocycles. The number of piperidine rings is 1. The molecule has 1 saturated heterocycles. The van der Waals surface area contributed by atoms with Crippen LogP contribution < -0.4 is 0 Å². The van der Waals surface area contributed by atoms with Crippen molar-refractivity contribution in [2.75, 3.05) is 19.7 Å². The van der Waals surface area contributed by atoms with Crippen LogP contribution in [-0.4, -0.2) is 58.6 Å². The second kappa shape index (κ2) is 11.5. The van der Waals surface area contributed by atoms with Gasteiger partial charge in [0.1, 0.15) is 5.82 Å². The first-order valence-electron chi connectivity index (χ1n) is 12.5. The number of ether oxygens (including phenoxy) is 2. The van der Waals surface area contributed by atoms with Crippen molar-refractivity contribution in [3.05, 3.63) is 58.0 Å². The normalized spacial score (nSPS) is 21.5. The number of benzene rings is 1. The Balaban J connectivity index is 1.61. The molecule has 3 heterocycles. The standard InChI is InChI=1S/C27H32FN3O5S/c1-5-35-25(33)19-9-7-11-30(14-19)22(32)13-21-15-37-27-29-17(4)23(26(34)36-16(2)3)24(31(21)27)18-8-6-10-20(28)12-18/h6,8,10,12,15-16,19,24H,5,7,9,11,13-14H2,1-4H3/t19-,24-/m0/s1. The van der Waals surface area contributed by atoms with Crippen LogP contribution in [0, 0.1) is 11.7 Å². The summed E-state index contributed by atoms with van der Waals surface area (Å²) in [5.41, 5.74) is 2.02. The number of carbonyl (C=O) groups excluding carboxylic acids is 3. The first-order chi connectivity index (χ1) is 17.7. The molecule has 198 valence electrons. The van der Waals surface area contributed by atoms with E-state index in [0.717, 1.165) is 6.42 Å². The van der Waals surface area contributed by atoms with Crippen LogP contribution in [0.1, 0.15) is 58.6 Å². The van der Waals surface area contributed by atoms with Crippen molar-refractivity contribution < 1.29 is 28.2 Å². The summed E-state index contributed by atoms with van der Waals surface area (Å²) in [7, 11) is 0. The largest absolute Gasteiger partial charge is 0.466 e. The molecule has 1 amide bonds. The third kappa shape index (κ3) is 5.89. The molecule has 37 heavy (non-hydrogen) atoms. The van der Waals surface area contributed by atoms with E-state index in [4.69, 9.17) is 9.47 Å². The highest BCUT2D eigenvalue weighted by atomic mass is 32.2. The van der Waals surface area contributed by atoms with E-state index in [-0.39, 0.29) is 30.3 Å². The molecule has 4 rings (SSSR count). The van der Waals surface area contributed by atoms with Gasteiger partial charge in [-0.25, -0.2) is 14.2 Å². The molecule has 0 aliphatic carbocycles. The number of halogens is 1. The first kappa shape index (κ1) is 26.9. The quantitative estimate of drug-likeness (QED) is 0.479. The van der Waals surface area contributed by atoms with Crippen LogP contribution in [0.25, 0.3) is 0 Å². The molecule has 0 aromatic heterocycles. The number of carbonyl (C=O) groups is 3. The predicted octanol–water partition coefficient (Wildman–Crippen LogP) is 4.54. The molecule has 10 heteroatoms. The SMILES string of the molecule is CCOC(=O)[C@H]1CCCN(C(=O)CC2=CSC3=NC(C)=C(C(=O)OC(C)C)[C@H](c4cccc(F)c4)N23)C1. The average molecular weight is 530 g/mol. The van der Waals surface area contributed by atoms with E-state index in [0.29, 0.717) is 53.8 Å². The topological polar surface area (TPSA) is 88.5 Å². The van der Waals surface area contributed by atoms with Crippen molar-refractivity contribution in [2.24, 2.45) is 10.9 Å². The molecule has 0 unspecified atom stereocenters. The van der Waals surface area contributed by atoms with Crippen molar-refractivity contribution in [3.63, 3.8) is 0 Å². The highest BCUT2D eigenvalue weighted by molar-refractivity contribution is 8.16. The van der Waals surface area contributed by atoms with Gasteiger partial charge < -0.3 is 19.3 Å². The number of amidine groups is 1. The second-order valence-electron chi connectivity index (χ2n) is 9.51. The van der Waals surface area contributed by atoms with Crippen LogP contribution in [0.3, 0.4) is 0 Å². The van der Waals surface area contributed by atoms with Crippen LogP contribution in [0.15, 0.2) is 51.6 Å². The van der Waals surface area contributed by atoms with E-state index in [2.05, 4.69) is 4.99 Å². The van der Waals surface area contributed by atoms with E-state index >= 15 is 0 Å². The third-order valence-electron chi connectivity index (χ3n) is 6.45. The number of rotatable bonds is 7. The van der Waals surface area contributed by atoms with Crippen LogP contribution in [-0.2, 0) is 23.9 Å². The van der Waals surface area contributed by atoms with Crippen LogP contribution in [0.2, 0.25) is 0 Å². The summed E-state index contributed by atoms with van der Waals surface area (Å²) in [5.74, 6) is -1.69. The Hall–Kier alpha value is -3.14. The van der Waals surface area contributed by atoms with E-state index in [1.165, 1.54) is 23.9 Å². The Labute approximate surface area is 220 Å². The fourth-order valence-electron chi connectivity index (χ4n) is 4.82. The lowest BCUT2D eigenvalue weighted by Gasteiger charge is -2.37. The van der Waals surface area contributed by atoms with E-state index < -0.39 is 17.8 Å². The Morgan fingerprint density at radius 2 is 2.05 bits per heavy atom. The summed E-state index contributed by atoms with van der Waals surface area (Å²) in [6.07, 6.45) is 1.12. The molecule has 0 bridgehead atoms. The summed E-state index contributed by atoms with van der Waals surface area (Å²) in [6.45, 7) is 8.22. The van der Waals surface area contributed by atoms with Gasteiger partial charge >= 0.3 is 11.9 Å². The molecule has 0 N–H and O–H groups in total. The fraction of sp³-hybridized carbons (Fsp3) is 0.481. The molecule has 0 spiro atoms. The number of hydrogen-bond acceptors (Lipinski definition) is 8. The van der Waals surface area contributed by atoms with Gasteiger partial charge in [0, 0.05) is 18.8 Å². The minimum atomic E-state index is -0.697. The zero-order chi connectivity index (χ0) is 26.7. The van der Waals surface area contributed by atoms with Gasteiger partial charge in [-0.15, -0.1) is 0 Å². The molecule has 0 radical (unpaired) electrons. The number of amides is 1. The third-order valence-corrected chi connectivity index (χ3v) is 7.34. The molecule has 8 nitrogen and oxygen atoms in total. The summed E-state index contributed by atoms with van der Waals surface area (Å²) in [5, 5.41) is 2.46. The number of likely N-dealkylation sites (tertiary alicyclic amines) is 1. The summed E-state index contributed by atoms with van der Waals surface area (Å²) >= 11 is 1.36. The maximum Gasteiger partial charge on any atom is 0.338 e. The number of allylic oxidation sites excluding steroid dienone is 1. The molecular formula is C27H32FN3O5S. The van der Waals surface area contributed by atoms with Crippen molar-refractivity contribution in [1.82, 2.24) is 9.80 Å². The zero-order valence-electron chi connectivity index (χ0n) is 21.5. The second-order valence-corrected chi connectivity index (χ2v) is 10.3. The predicted molar refractivity (Wildman–Crippen MR) is 139 cm³/mol. The molecular weight excluding hydrogens is 497 g/mol.